The molecule has 0 atom stereocenters. The number of nitrogens with zero attached hydrogens (tertiary/aromatic N) is 1. The van der Waals surface area contributed by atoms with Crippen LogP contribution in [0.5, 0.6) is 0 Å². The number of carbonyl (C=O) groups is 1. The summed E-state index contributed by atoms with van der Waals surface area (Å²) in [5, 5.41) is 3.03. The van der Waals surface area contributed by atoms with Crippen LogP contribution in [0.2, 0.25) is 0 Å². The smallest absolute Gasteiger partial charge is 0.255 e. The Morgan fingerprint density at radius 3 is 2.71 bits per heavy atom. The normalized spacial score (nSPS) is 15.2. The number of anilines is 1. The Morgan fingerprint density at radius 2 is 1.92 bits per heavy atom. The number of amides is 1. The minimum absolute atomic E-state index is 0.0625. The molecule has 1 aliphatic rings. The molecule has 0 saturated carbocycles. The summed E-state index contributed by atoms with van der Waals surface area (Å²) in [6.45, 7) is 8.34. The lowest BCUT2D eigenvalue weighted by Gasteiger charge is -2.26. The van der Waals surface area contributed by atoms with Crippen LogP contribution in [0.4, 0.5) is 5.69 Å². The highest BCUT2D eigenvalue weighted by atomic mass is 16.5. The minimum Gasteiger partial charge on any atom is -0.379 e. The maximum Gasteiger partial charge on any atom is 0.255 e. The van der Waals surface area contributed by atoms with Crippen LogP contribution in [-0.4, -0.2) is 37.1 Å². The molecule has 1 amide bonds. The summed E-state index contributed by atoms with van der Waals surface area (Å²) in [7, 11) is 0. The van der Waals surface area contributed by atoms with Crippen LogP contribution in [0.25, 0.3) is 0 Å². The molecule has 0 unspecified atom stereocenters. The first-order valence-corrected chi connectivity index (χ1v) is 8.39. The van der Waals surface area contributed by atoms with E-state index >= 15 is 0 Å². The zero-order chi connectivity index (χ0) is 16.9. The van der Waals surface area contributed by atoms with Crippen molar-refractivity contribution < 1.29 is 9.53 Å². The third-order valence-electron chi connectivity index (χ3n) is 4.34. The highest BCUT2D eigenvalue weighted by molar-refractivity contribution is 6.04. The molecule has 24 heavy (non-hydrogen) atoms. The van der Waals surface area contributed by atoms with E-state index in [4.69, 9.17) is 4.74 Å². The van der Waals surface area contributed by atoms with Crippen LogP contribution in [-0.2, 0) is 11.3 Å². The Hall–Kier alpha value is -2.17. The molecule has 1 aliphatic heterocycles. The van der Waals surface area contributed by atoms with Gasteiger partial charge in [-0.25, -0.2) is 0 Å². The monoisotopic (exact) mass is 324 g/mol. The fraction of sp³-hybridized carbons (Fsp3) is 0.350. The molecule has 4 nitrogen and oxygen atoms in total. The van der Waals surface area contributed by atoms with Gasteiger partial charge in [0, 0.05) is 30.9 Å². The van der Waals surface area contributed by atoms with Crippen molar-refractivity contribution in [1.29, 1.82) is 0 Å². The molecule has 1 saturated heterocycles. The Balaban J connectivity index is 1.70. The lowest BCUT2D eigenvalue weighted by molar-refractivity contribution is 0.0342. The van der Waals surface area contributed by atoms with Crippen LogP contribution in [0, 0.1) is 13.8 Å². The van der Waals surface area contributed by atoms with Gasteiger partial charge in [-0.2, -0.15) is 0 Å². The number of aryl methyl sites for hydroxylation is 2. The third kappa shape index (κ3) is 4.22. The van der Waals surface area contributed by atoms with Crippen molar-refractivity contribution in [2.45, 2.75) is 20.4 Å². The highest BCUT2D eigenvalue weighted by Gasteiger charge is 2.13. The highest BCUT2D eigenvalue weighted by Crippen LogP contribution is 2.18. The molecule has 0 aromatic heterocycles. The predicted molar refractivity (Wildman–Crippen MR) is 96.4 cm³/mol. The molecule has 3 rings (SSSR count). The van der Waals surface area contributed by atoms with E-state index in [0.717, 1.165) is 55.2 Å². The van der Waals surface area contributed by atoms with Crippen LogP contribution in [0.1, 0.15) is 27.0 Å². The van der Waals surface area contributed by atoms with Crippen LogP contribution in [0.3, 0.4) is 0 Å². The molecule has 4 heteroatoms. The second-order valence-corrected chi connectivity index (χ2v) is 6.36. The Bertz CT molecular complexity index is 721. The number of hydrogen-bond donors (Lipinski definition) is 1. The maximum absolute atomic E-state index is 12.6. The predicted octanol–water partition coefficient (Wildman–Crippen LogP) is 3.39. The van der Waals surface area contributed by atoms with Crippen molar-refractivity contribution in [2.24, 2.45) is 0 Å². The first kappa shape index (κ1) is 16.7. The van der Waals surface area contributed by atoms with Crippen molar-refractivity contribution in [2.75, 3.05) is 31.6 Å². The number of ether oxygens (including phenoxy) is 1. The number of nitrogens with one attached hydrogen (secondary N) is 1. The van der Waals surface area contributed by atoms with Crippen LogP contribution in [0.15, 0.2) is 42.5 Å². The van der Waals surface area contributed by atoms with Crippen molar-refractivity contribution in [3.63, 3.8) is 0 Å². The maximum atomic E-state index is 12.6. The van der Waals surface area contributed by atoms with Crippen molar-refractivity contribution in [3.8, 4) is 0 Å². The van der Waals surface area contributed by atoms with Gasteiger partial charge in [-0.1, -0.05) is 24.3 Å². The quantitative estimate of drug-likeness (QED) is 0.937. The van der Waals surface area contributed by atoms with E-state index in [1.54, 1.807) is 0 Å². The van der Waals surface area contributed by atoms with E-state index in [1.165, 1.54) is 0 Å². The van der Waals surface area contributed by atoms with Crippen molar-refractivity contribution in [1.82, 2.24) is 4.90 Å². The largest absolute Gasteiger partial charge is 0.379 e. The van der Waals surface area contributed by atoms with E-state index in [0.29, 0.717) is 5.56 Å². The van der Waals surface area contributed by atoms with Gasteiger partial charge >= 0.3 is 0 Å². The van der Waals surface area contributed by atoms with Gasteiger partial charge in [0.25, 0.3) is 5.91 Å². The van der Waals surface area contributed by atoms with Crippen molar-refractivity contribution in [3.05, 3.63) is 64.7 Å². The van der Waals surface area contributed by atoms with Crippen LogP contribution >= 0.6 is 0 Å². The second kappa shape index (κ2) is 7.60. The van der Waals surface area contributed by atoms with E-state index in [-0.39, 0.29) is 5.91 Å². The number of benzene rings is 2. The number of morpholine rings is 1. The first-order chi connectivity index (χ1) is 11.6. The fourth-order valence-electron chi connectivity index (χ4n) is 2.89. The second-order valence-electron chi connectivity index (χ2n) is 6.36. The number of carbonyl (C=O) groups excluding carboxylic acids is 1. The first-order valence-electron chi connectivity index (χ1n) is 8.39. The van der Waals surface area contributed by atoms with Gasteiger partial charge in [0.2, 0.25) is 0 Å². The van der Waals surface area contributed by atoms with Gasteiger partial charge in [-0.15, -0.1) is 0 Å². The van der Waals surface area contributed by atoms with Gasteiger partial charge in [-0.05, 0) is 48.7 Å². The lowest BCUT2D eigenvalue weighted by atomic mass is 10.1. The summed E-state index contributed by atoms with van der Waals surface area (Å²) in [4.78, 5) is 14.9. The van der Waals surface area contributed by atoms with Crippen molar-refractivity contribution >= 4 is 11.6 Å². The van der Waals surface area contributed by atoms with E-state index in [9.17, 15) is 4.79 Å². The summed E-state index contributed by atoms with van der Waals surface area (Å²) < 4.78 is 5.38. The average Bonchev–Trinajstić information content (AvgIpc) is 2.59. The van der Waals surface area contributed by atoms with Crippen LogP contribution < -0.4 is 5.32 Å². The molecule has 126 valence electrons. The standard InChI is InChI=1S/C20H24N2O2/c1-15-6-7-16(2)19(12-15)21-20(23)18-5-3-4-17(13-18)14-22-8-10-24-11-9-22/h3-7,12-13H,8-11,14H2,1-2H3,(H,21,23). The van der Waals surface area contributed by atoms with Gasteiger partial charge in [0.1, 0.15) is 0 Å². The molecule has 1 N–H and O–H groups in total. The number of rotatable bonds is 4. The van der Waals surface area contributed by atoms with Gasteiger partial charge in [-0.3, -0.25) is 9.69 Å². The summed E-state index contributed by atoms with van der Waals surface area (Å²) in [5.74, 6) is -0.0625. The summed E-state index contributed by atoms with van der Waals surface area (Å²) in [5.41, 5.74) is 4.93. The minimum atomic E-state index is -0.0625. The van der Waals surface area contributed by atoms with Gasteiger partial charge in [0.05, 0.1) is 13.2 Å². The summed E-state index contributed by atoms with van der Waals surface area (Å²) >= 11 is 0. The van der Waals surface area contributed by atoms with E-state index < -0.39 is 0 Å². The van der Waals surface area contributed by atoms with E-state index in [1.807, 2.05) is 50.2 Å². The van der Waals surface area contributed by atoms with E-state index in [2.05, 4.69) is 16.3 Å². The molecule has 0 spiro atoms. The Labute approximate surface area is 143 Å². The average molecular weight is 324 g/mol. The third-order valence-corrected chi connectivity index (χ3v) is 4.34. The molecular formula is C20H24N2O2. The molecule has 1 heterocycles. The zero-order valence-corrected chi connectivity index (χ0v) is 14.3. The Morgan fingerprint density at radius 1 is 1.12 bits per heavy atom. The van der Waals surface area contributed by atoms with Gasteiger partial charge in [0.15, 0.2) is 0 Å². The molecule has 2 aromatic carbocycles. The molecule has 2 aromatic rings. The number of hydrogen-bond acceptors (Lipinski definition) is 3. The molecule has 0 bridgehead atoms. The SMILES string of the molecule is Cc1ccc(C)c(NC(=O)c2cccc(CN3CCOCC3)c2)c1. The summed E-state index contributed by atoms with van der Waals surface area (Å²) in [6, 6.07) is 14.0. The molecule has 0 aliphatic carbocycles. The summed E-state index contributed by atoms with van der Waals surface area (Å²) in [6.07, 6.45) is 0. The zero-order valence-electron chi connectivity index (χ0n) is 14.3. The topological polar surface area (TPSA) is 41.6 Å². The Kier molecular flexibility index (Phi) is 5.28. The van der Waals surface area contributed by atoms with Gasteiger partial charge < -0.3 is 10.1 Å². The molecule has 0 radical (unpaired) electrons. The fourth-order valence-corrected chi connectivity index (χ4v) is 2.89. The molecule has 1 fully saturated rings. The lowest BCUT2D eigenvalue weighted by Crippen LogP contribution is -2.35. The molecular weight excluding hydrogens is 300 g/mol.